The number of benzene rings is 2. The molecular weight excluding hydrogens is 244 g/mol. The van der Waals surface area contributed by atoms with Crippen molar-refractivity contribution in [2.75, 3.05) is 5.32 Å². The highest BCUT2D eigenvalue weighted by molar-refractivity contribution is 5.61. The first-order valence-corrected chi connectivity index (χ1v) is 6.86. The molecule has 0 aliphatic rings. The highest BCUT2D eigenvalue weighted by Crippen LogP contribution is 2.25. The summed E-state index contributed by atoms with van der Waals surface area (Å²) >= 11 is 0. The molecule has 0 aliphatic heterocycles. The number of hydrogen-bond donors (Lipinski definition) is 1. The van der Waals surface area contributed by atoms with E-state index in [0.717, 1.165) is 16.8 Å². The third-order valence-corrected chi connectivity index (χ3v) is 3.79. The van der Waals surface area contributed by atoms with Crippen molar-refractivity contribution in [3.63, 3.8) is 0 Å². The Balaban J connectivity index is 2.28. The van der Waals surface area contributed by atoms with E-state index in [4.69, 9.17) is 0 Å². The maximum absolute atomic E-state index is 9.27. The van der Waals surface area contributed by atoms with Crippen LogP contribution in [0.2, 0.25) is 0 Å². The van der Waals surface area contributed by atoms with Gasteiger partial charge in [-0.1, -0.05) is 30.3 Å². The van der Waals surface area contributed by atoms with E-state index in [-0.39, 0.29) is 6.04 Å². The fourth-order valence-electron chi connectivity index (χ4n) is 2.29. The third-order valence-electron chi connectivity index (χ3n) is 3.79. The standard InChI is InChI=1S/C18H20N2/c1-12-8-9-16(10-14(12)3)15(4)20-18-7-5-6-13(2)17(18)11-19/h5-10,15,20H,1-4H3. The van der Waals surface area contributed by atoms with Gasteiger partial charge in [0.15, 0.2) is 0 Å². The molecule has 0 saturated heterocycles. The van der Waals surface area contributed by atoms with Gasteiger partial charge in [-0.15, -0.1) is 0 Å². The summed E-state index contributed by atoms with van der Waals surface area (Å²) in [5.41, 5.74) is 6.46. The molecular formula is C18H20N2. The number of rotatable bonds is 3. The molecule has 1 unspecified atom stereocenters. The molecule has 2 heteroatoms. The molecule has 0 aliphatic carbocycles. The van der Waals surface area contributed by atoms with E-state index >= 15 is 0 Å². The quantitative estimate of drug-likeness (QED) is 0.875. The summed E-state index contributed by atoms with van der Waals surface area (Å²) < 4.78 is 0. The van der Waals surface area contributed by atoms with Crippen LogP contribution in [0.3, 0.4) is 0 Å². The van der Waals surface area contributed by atoms with Crippen LogP contribution < -0.4 is 5.32 Å². The largest absolute Gasteiger partial charge is 0.377 e. The zero-order chi connectivity index (χ0) is 14.7. The van der Waals surface area contributed by atoms with Crippen LogP contribution in [0.25, 0.3) is 0 Å². The molecule has 0 spiro atoms. The number of nitrogens with zero attached hydrogens (tertiary/aromatic N) is 1. The van der Waals surface area contributed by atoms with E-state index in [1.54, 1.807) is 0 Å². The van der Waals surface area contributed by atoms with Crippen LogP contribution >= 0.6 is 0 Å². The number of hydrogen-bond acceptors (Lipinski definition) is 2. The van der Waals surface area contributed by atoms with Crippen LogP contribution in [0.1, 0.15) is 40.8 Å². The lowest BCUT2D eigenvalue weighted by atomic mass is 10.0. The van der Waals surface area contributed by atoms with Crippen molar-refractivity contribution in [3.8, 4) is 6.07 Å². The van der Waals surface area contributed by atoms with Gasteiger partial charge in [0.1, 0.15) is 6.07 Å². The van der Waals surface area contributed by atoms with Crippen LogP contribution in [-0.4, -0.2) is 0 Å². The molecule has 0 fully saturated rings. The van der Waals surface area contributed by atoms with E-state index in [9.17, 15) is 5.26 Å². The van der Waals surface area contributed by atoms with Gasteiger partial charge in [0.05, 0.1) is 11.3 Å². The van der Waals surface area contributed by atoms with Crippen molar-refractivity contribution in [2.24, 2.45) is 0 Å². The Hall–Kier alpha value is -2.27. The minimum atomic E-state index is 0.170. The Morgan fingerprint density at radius 1 is 1.00 bits per heavy atom. The maximum atomic E-state index is 9.27. The molecule has 102 valence electrons. The molecule has 2 nitrogen and oxygen atoms in total. The molecule has 1 N–H and O–H groups in total. The molecule has 0 radical (unpaired) electrons. The van der Waals surface area contributed by atoms with E-state index in [1.165, 1.54) is 16.7 Å². The summed E-state index contributed by atoms with van der Waals surface area (Å²) in [7, 11) is 0. The second-order valence-corrected chi connectivity index (χ2v) is 5.32. The summed E-state index contributed by atoms with van der Waals surface area (Å²) in [6.45, 7) is 8.32. The highest BCUT2D eigenvalue weighted by atomic mass is 14.9. The average molecular weight is 264 g/mol. The van der Waals surface area contributed by atoms with Crippen LogP contribution in [0.15, 0.2) is 36.4 Å². The normalized spacial score (nSPS) is 11.8. The number of anilines is 1. The van der Waals surface area contributed by atoms with Gasteiger partial charge in [0.25, 0.3) is 0 Å². The van der Waals surface area contributed by atoms with Gasteiger partial charge in [-0.05, 0) is 56.0 Å². The zero-order valence-corrected chi connectivity index (χ0v) is 12.5. The lowest BCUT2D eigenvalue weighted by Gasteiger charge is -2.18. The molecule has 2 rings (SSSR count). The first-order chi connectivity index (χ1) is 9.52. The fourth-order valence-corrected chi connectivity index (χ4v) is 2.29. The second-order valence-electron chi connectivity index (χ2n) is 5.32. The molecule has 0 amide bonds. The lowest BCUT2D eigenvalue weighted by molar-refractivity contribution is 0.880. The monoisotopic (exact) mass is 264 g/mol. The smallest absolute Gasteiger partial charge is 0.102 e. The first kappa shape index (κ1) is 14.1. The first-order valence-electron chi connectivity index (χ1n) is 6.86. The Morgan fingerprint density at radius 2 is 1.75 bits per heavy atom. The molecule has 2 aromatic carbocycles. The topological polar surface area (TPSA) is 35.8 Å². The predicted octanol–water partition coefficient (Wildman–Crippen LogP) is 4.66. The van der Waals surface area contributed by atoms with Crippen molar-refractivity contribution < 1.29 is 0 Å². The second kappa shape index (κ2) is 5.79. The van der Waals surface area contributed by atoms with Gasteiger partial charge in [0.2, 0.25) is 0 Å². The van der Waals surface area contributed by atoms with Crippen LogP contribution in [-0.2, 0) is 0 Å². The van der Waals surface area contributed by atoms with Gasteiger partial charge in [-0.3, -0.25) is 0 Å². The van der Waals surface area contributed by atoms with Crippen molar-refractivity contribution in [1.29, 1.82) is 5.26 Å². The lowest BCUT2D eigenvalue weighted by Crippen LogP contribution is -2.08. The molecule has 0 saturated carbocycles. The van der Waals surface area contributed by atoms with Gasteiger partial charge in [-0.2, -0.15) is 5.26 Å². The molecule has 1 atom stereocenters. The summed E-state index contributed by atoms with van der Waals surface area (Å²) in [5, 5.41) is 12.7. The van der Waals surface area contributed by atoms with Crippen LogP contribution in [0, 0.1) is 32.1 Å². The molecule has 0 heterocycles. The molecule has 0 bridgehead atoms. The molecule has 2 aromatic rings. The third kappa shape index (κ3) is 2.83. The van der Waals surface area contributed by atoms with E-state index in [2.05, 4.69) is 50.4 Å². The molecule has 20 heavy (non-hydrogen) atoms. The predicted molar refractivity (Wildman–Crippen MR) is 83.8 cm³/mol. The van der Waals surface area contributed by atoms with Crippen LogP contribution in [0.5, 0.6) is 0 Å². The maximum Gasteiger partial charge on any atom is 0.102 e. The highest BCUT2D eigenvalue weighted by Gasteiger charge is 2.10. The Labute approximate surface area is 121 Å². The number of nitrogens with one attached hydrogen (secondary N) is 1. The van der Waals surface area contributed by atoms with Gasteiger partial charge < -0.3 is 5.32 Å². The average Bonchev–Trinajstić information content (AvgIpc) is 2.42. The Kier molecular flexibility index (Phi) is 4.10. The summed E-state index contributed by atoms with van der Waals surface area (Å²) in [6, 6.07) is 14.8. The number of nitriles is 1. The van der Waals surface area contributed by atoms with Crippen molar-refractivity contribution in [3.05, 3.63) is 64.2 Å². The minimum Gasteiger partial charge on any atom is -0.377 e. The van der Waals surface area contributed by atoms with Gasteiger partial charge >= 0.3 is 0 Å². The number of aryl methyl sites for hydroxylation is 3. The Bertz CT molecular complexity index is 666. The van der Waals surface area contributed by atoms with Crippen molar-refractivity contribution in [1.82, 2.24) is 0 Å². The van der Waals surface area contributed by atoms with Gasteiger partial charge in [0, 0.05) is 6.04 Å². The van der Waals surface area contributed by atoms with E-state index in [0.29, 0.717) is 0 Å². The summed E-state index contributed by atoms with van der Waals surface area (Å²) in [5.74, 6) is 0. The summed E-state index contributed by atoms with van der Waals surface area (Å²) in [4.78, 5) is 0. The van der Waals surface area contributed by atoms with Crippen LogP contribution in [0.4, 0.5) is 5.69 Å². The van der Waals surface area contributed by atoms with Crippen molar-refractivity contribution in [2.45, 2.75) is 33.7 Å². The van der Waals surface area contributed by atoms with E-state index in [1.807, 2.05) is 25.1 Å². The Morgan fingerprint density at radius 3 is 2.40 bits per heavy atom. The zero-order valence-electron chi connectivity index (χ0n) is 12.5. The van der Waals surface area contributed by atoms with E-state index < -0.39 is 0 Å². The minimum absolute atomic E-state index is 0.170. The van der Waals surface area contributed by atoms with Crippen molar-refractivity contribution >= 4 is 5.69 Å². The fraction of sp³-hybridized carbons (Fsp3) is 0.278. The summed E-state index contributed by atoms with van der Waals surface area (Å²) in [6.07, 6.45) is 0. The molecule has 0 aromatic heterocycles. The SMILES string of the molecule is Cc1ccc(C(C)Nc2cccc(C)c2C#N)cc1C. The van der Waals surface area contributed by atoms with Gasteiger partial charge in [-0.25, -0.2) is 0 Å².